The van der Waals surface area contributed by atoms with Gasteiger partial charge < -0.3 is 24.4 Å². The van der Waals surface area contributed by atoms with Crippen LogP contribution < -0.4 is 19.5 Å². The molecule has 0 bridgehead atoms. The fraction of sp³-hybridized carbons (Fsp3) is 0.385. The molecule has 2 heterocycles. The van der Waals surface area contributed by atoms with Gasteiger partial charge in [-0.05, 0) is 49.2 Å². The van der Waals surface area contributed by atoms with E-state index in [0.717, 1.165) is 19.6 Å². The number of halogens is 2. The maximum absolute atomic E-state index is 13.6. The van der Waals surface area contributed by atoms with Gasteiger partial charge in [0.25, 0.3) is 5.91 Å². The number of carbonyl (C=O) groups excluding carboxylic acids is 2. The maximum Gasteiger partial charge on any atom is 0.295 e. The molecule has 1 unspecified atom stereocenters. The lowest BCUT2D eigenvalue weighted by Crippen LogP contribution is -3.11. The number of hydrogen-bond acceptors (Lipinski definition) is 5. The van der Waals surface area contributed by atoms with Gasteiger partial charge in [-0.1, -0.05) is 41.1 Å². The minimum absolute atomic E-state index is 0.0970. The highest BCUT2D eigenvalue weighted by Crippen LogP contribution is 2.41. The lowest BCUT2D eigenvalue weighted by Gasteiger charge is -2.28. The summed E-state index contributed by atoms with van der Waals surface area (Å²) in [6.45, 7) is 8.15. The number of benzene rings is 2. The molecule has 35 heavy (non-hydrogen) atoms. The monoisotopic (exact) mass is 518 g/mol. The van der Waals surface area contributed by atoms with Crippen LogP contribution in [0.25, 0.3) is 5.76 Å². The Labute approximate surface area is 214 Å². The van der Waals surface area contributed by atoms with Crippen LogP contribution in [0.2, 0.25) is 10.0 Å². The lowest BCUT2D eigenvalue weighted by atomic mass is 9.95. The Balaban J connectivity index is 1.75. The maximum atomic E-state index is 13.6. The first-order chi connectivity index (χ1) is 16.8. The summed E-state index contributed by atoms with van der Waals surface area (Å²) in [5, 5.41) is 14.3. The van der Waals surface area contributed by atoms with Crippen LogP contribution in [0.3, 0.4) is 0 Å². The Kier molecular flexibility index (Phi) is 7.89. The Morgan fingerprint density at radius 1 is 1.03 bits per heavy atom. The summed E-state index contributed by atoms with van der Waals surface area (Å²) in [6, 6.07) is 8.85. The summed E-state index contributed by atoms with van der Waals surface area (Å²) in [6.07, 6.45) is 0.694. The molecule has 0 radical (unpaired) electrons. The fourth-order valence-corrected chi connectivity index (χ4v) is 4.88. The molecule has 1 atom stereocenters. The highest BCUT2D eigenvalue weighted by molar-refractivity contribution is 6.46. The van der Waals surface area contributed by atoms with Crippen LogP contribution in [0.15, 0.2) is 42.0 Å². The van der Waals surface area contributed by atoms with E-state index in [0.29, 0.717) is 48.3 Å². The predicted octanol–water partition coefficient (Wildman–Crippen LogP) is 2.30. The number of likely N-dealkylation sites (tertiary alicyclic amines) is 1. The Morgan fingerprint density at radius 3 is 2.43 bits per heavy atom. The van der Waals surface area contributed by atoms with Crippen LogP contribution in [0.5, 0.6) is 11.5 Å². The fourth-order valence-electron chi connectivity index (χ4n) is 4.57. The number of Topliss-reactive ketones (excluding diaryl/α,β-unsaturated/α-hetero) is 1. The molecule has 1 saturated heterocycles. The van der Waals surface area contributed by atoms with Crippen molar-refractivity contribution in [2.24, 2.45) is 0 Å². The zero-order valence-corrected chi connectivity index (χ0v) is 21.2. The Morgan fingerprint density at radius 2 is 1.74 bits per heavy atom. The first kappa shape index (κ1) is 25.4. The summed E-state index contributed by atoms with van der Waals surface area (Å²) in [5.74, 6) is -1.03. The van der Waals surface area contributed by atoms with Crippen molar-refractivity contribution < 1.29 is 29.1 Å². The van der Waals surface area contributed by atoms with Crippen molar-refractivity contribution in [3.8, 4) is 11.5 Å². The third kappa shape index (κ3) is 5.13. The quantitative estimate of drug-likeness (QED) is 0.329. The molecule has 2 aliphatic rings. The van der Waals surface area contributed by atoms with Crippen LogP contribution in [0.4, 0.5) is 0 Å². The molecule has 1 amide bonds. The van der Waals surface area contributed by atoms with Gasteiger partial charge in [0.1, 0.15) is 13.2 Å². The smallest absolute Gasteiger partial charge is 0.295 e. The van der Waals surface area contributed by atoms with E-state index in [9.17, 15) is 14.7 Å². The van der Waals surface area contributed by atoms with Gasteiger partial charge in [0.2, 0.25) is 5.78 Å². The van der Waals surface area contributed by atoms with E-state index in [1.807, 2.05) is 0 Å². The minimum Gasteiger partial charge on any atom is -0.872 e. The van der Waals surface area contributed by atoms with E-state index in [1.54, 1.807) is 36.4 Å². The van der Waals surface area contributed by atoms with Crippen LogP contribution in [-0.4, -0.2) is 56.0 Å². The molecule has 0 aliphatic carbocycles. The third-order valence-electron chi connectivity index (χ3n) is 6.52. The van der Waals surface area contributed by atoms with E-state index in [1.165, 1.54) is 9.80 Å². The van der Waals surface area contributed by atoms with Gasteiger partial charge >= 0.3 is 0 Å². The molecule has 2 aromatic rings. The summed E-state index contributed by atoms with van der Waals surface area (Å²) in [4.78, 5) is 29.2. The van der Waals surface area contributed by atoms with Gasteiger partial charge in [-0.15, -0.1) is 0 Å². The van der Waals surface area contributed by atoms with Gasteiger partial charge in [0.15, 0.2) is 11.5 Å². The zero-order valence-electron chi connectivity index (χ0n) is 19.7. The van der Waals surface area contributed by atoms with Gasteiger partial charge in [0.05, 0.1) is 35.7 Å². The third-order valence-corrected chi connectivity index (χ3v) is 7.26. The predicted molar refractivity (Wildman–Crippen MR) is 132 cm³/mol. The molecule has 7 nitrogen and oxygen atoms in total. The molecule has 4 rings (SSSR count). The summed E-state index contributed by atoms with van der Waals surface area (Å²) < 4.78 is 11.1. The van der Waals surface area contributed by atoms with Crippen molar-refractivity contribution in [1.82, 2.24) is 4.90 Å². The molecule has 2 aromatic carbocycles. The summed E-state index contributed by atoms with van der Waals surface area (Å²) in [5.41, 5.74) is 0.722. The van der Waals surface area contributed by atoms with Crippen molar-refractivity contribution in [1.29, 1.82) is 0 Å². The molecule has 0 saturated carbocycles. The van der Waals surface area contributed by atoms with Gasteiger partial charge in [-0.25, -0.2) is 0 Å². The SMILES string of the molecule is CC[NH+](CC)CCCN1C(=O)C(=O)C(=C([O-])c2ccc3c(c2)OCCO3)C1c1ccc(Cl)c(Cl)c1. The van der Waals surface area contributed by atoms with E-state index in [2.05, 4.69) is 13.8 Å². The van der Waals surface area contributed by atoms with Gasteiger partial charge in [-0.2, -0.15) is 0 Å². The number of ketones is 1. The Bertz CT molecular complexity index is 1160. The van der Waals surface area contributed by atoms with Crippen molar-refractivity contribution in [2.45, 2.75) is 26.3 Å². The molecule has 2 aliphatic heterocycles. The van der Waals surface area contributed by atoms with Crippen molar-refractivity contribution in [3.63, 3.8) is 0 Å². The second kappa shape index (κ2) is 10.9. The van der Waals surface area contributed by atoms with Crippen LogP contribution in [0, 0.1) is 0 Å². The van der Waals surface area contributed by atoms with E-state index >= 15 is 0 Å². The standard InChI is InChI=1S/C26H28Cl2N2O5/c1-3-29(4-2)10-5-11-30-23(16-6-8-18(27)19(28)14-16)22(25(32)26(30)33)24(31)17-7-9-20-21(15-17)35-13-12-34-20/h6-9,14-15,23,31H,3-5,10-13H2,1-2H3. The molecule has 0 aromatic heterocycles. The van der Waals surface area contributed by atoms with E-state index in [-0.39, 0.29) is 16.2 Å². The number of nitrogens with one attached hydrogen (secondary N) is 1. The Hall–Kier alpha value is -2.74. The molecule has 1 N–H and O–H groups in total. The highest BCUT2D eigenvalue weighted by atomic mass is 35.5. The molecular formula is C26H28Cl2N2O5. The van der Waals surface area contributed by atoms with Crippen LogP contribution >= 0.6 is 23.2 Å². The molecule has 0 spiro atoms. The van der Waals surface area contributed by atoms with Crippen LogP contribution in [0.1, 0.15) is 37.4 Å². The number of fused-ring (bicyclic) bond motifs is 1. The average Bonchev–Trinajstić information content (AvgIpc) is 3.12. The summed E-state index contributed by atoms with van der Waals surface area (Å²) in [7, 11) is 0. The number of ether oxygens (including phenoxy) is 2. The number of rotatable bonds is 8. The van der Waals surface area contributed by atoms with E-state index in [4.69, 9.17) is 32.7 Å². The first-order valence-electron chi connectivity index (χ1n) is 11.8. The number of quaternary nitrogens is 1. The molecule has 186 valence electrons. The topological polar surface area (TPSA) is 83.3 Å². The van der Waals surface area contributed by atoms with Crippen molar-refractivity contribution in [3.05, 3.63) is 63.1 Å². The van der Waals surface area contributed by atoms with Crippen LogP contribution in [-0.2, 0) is 9.59 Å². The molecule has 9 heteroatoms. The second-order valence-electron chi connectivity index (χ2n) is 8.57. The zero-order chi connectivity index (χ0) is 25.1. The average molecular weight is 519 g/mol. The number of hydrogen-bond donors (Lipinski definition) is 1. The van der Waals surface area contributed by atoms with E-state index < -0.39 is 23.5 Å². The normalized spacial score (nSPS) is 19.0. The number of amides is 1. The minimum atomic E-state index is -0.850. The van der Waals surface area contributed by atoms with Gasteiger partial charge in [0, 0.05) is 18.5 Å². The first-order valence-corrected chi connectivity index (χ1v) is 12.6. The summed E-state index contributed by atoms with van der Waals surface area (Å²) >= 11 is 12.4. The van der Waals surface area contributed by atoms with Crippen molar-refractivity contribution >= 4 is 40.7 Å². The largest absolute Gasteiger partial charge is 0.872 e. The van der Waals surface area contributed by atoms with Gasteiger partial charge in [-0.3, -0.25) is 9.59 Å². The number of carbonyl (C=O) groups is 2. The highest BCUT2D eigenvalue weighted by Gasteiger charge is 2.44. The lowest BCUT2D eigenvalue weighted by molar-refractivity contribution is -0.896. The van der Waals surface area contributed by atoms with Crippen molar-refractivity contribution in [2.75, 3.05) is 39.4 Å². The molecular weight excluding hydrogens is 491 g/mol. The molecule has 1 fully saturated rings. The number of nitrogens with zero attached hydrogens (tertiary/aromatic N) is 1. The second-order valence-corrected chi connectivity index (χ2v) is 9.38.